The predicted molar refractivity (Wildman–Crippen MR) is 79.0 cm³/mol. The number of halogens is 1. The first-order valence-corrected chi connectivity index (χ1v) is 6.96. The standard InChI is InChI=1S/C17H20FNO/c1-2-6-17(14-7-4-3-5-8-14)19-12-13-9-15(18)11-16(20)10-13/h3-5,7-11,17,19-20H,2,6,12H2,1H3. The van der Waals surface area contributed by atoms with E-state index in [1.807, 2.05) is 18.2 Å². The molecule has 2 N–H and O–H groups in total. The van der Waals surface area contributed by atoms with Gasteiger partial charge in [-0.3, -0.25) is 0 Å². The lowest BCUT2D eigenvalue weighted by Crippen LogP contribution is -2.20. The Morgan fingerprint density at radius 1 is 1.15 bits per heavy atom. The molecule has 0 spiro atoms. The largest absolute Gasteiger partial charge is 0.508 e. The fourth-order valence-electron chi connectivity index (χ4n) is 2.34. The molecule has 2 rings (SSSR count). The Bertz CT molecular complexity index is 522. The molecular weight excluding hydrogens is 253 g/mol. The Morgan fingerprint density at radius 2 is 1.90 bits per heavy atom. The lowest BCUT2D eigenvalue weighted by molar-refractivity contribution is 0.463. The van der Waals surface area contributed by atoms with Gasteiger partial charge in [-0.1, -0.05) is 43.7 Å². The van der Waals surface area contributed by atoms with E-state index in [4.69, 9.17) is 0 Å². The molecule has 20 heavy (non-hydrogen) atoms. The van der Waals surface area contributed by atoms with Crippen LogP contribution in [0.1, 0.15) is 36.9 Å². The average Bonchev–Trinajstić information content (AvgIpc) is 2.43. The fraction of sp³-hybridized carbons (Fsp3) is 0.294. The zero-order valence-electron chi connectivity index (χ0n) is 11.6. The number of nitrogens with one attached hydrogen (secondary N) is 1. The molecule has 0 heterocycles. The number of hydrogen-bond donors (Lipinski definition) is 2. The maximum atomic E-state index is 13.2. The van der Waals surface area contributed by atoms with Gasteiger partial charge in [0.15, 0.2) is 0 Å². The molecule has 0 aliphatic carbocycles. The van der Waals surface area contributed by atoms with Crippen LogP contribution in [-0.2, 0) is 6.54 Å². The minimum Gasteiger partial charge on any atom is -0.508 e. The van der Waals surface area contributed by atoms with E-state index in [2.05, 4.69) is 24.4 Å². The smallest absolute Gasteiger partial charge is 0.127 e. The van der Waals surface area contributed by atoms with Crippen LogP contribution in [0.25, 0.3) is 0 Å². The van der Waals surface area contributed by atoms with E-state index in [1.54, 1.807) is 6.07 Å². The number of hydrogen-bond acceptors (Lipinski definition) is 2. The van der Waals surface area contributed by atoms with Crippen LogP contribution in [0, 0.1) is 5.82 Å². The van der Waals surface area contributed by atoms with Gasteiger partial charge in [0, 0.05) is 18.7 Å². The Balaban J connectivity index is 2.05. The van der Waals surface area contributed by atoms with Crippen LogP contribution in [0.5, 0.6) is 5.75 Å². The summed E-state index contributed by atoms with van der Waals surface area (Å²) in [6.45, 7) is 2.68. The highest BCUT2D eigenvalue weighted by Crippen LogP contribution is 2.20. The Morgan fingerprint density at radius 3 is 2.55 bits per heavy atom. The number of phenols is 1. The van der Waals surface area contributed by atoms with E-state index in [0.29, 0.717) is 6.54 Å². The highest BCUT2D eigenvalue weighted by atomic mass is 19.1. The minimum atomic E-state index is -0.409. The van der Waals surface area contributed by atoms with Gasteiger partial charge in [-0.15, -0.1) is 0 Å². The molecule has 0 saturated carbocycles. The van der Waals surface area contributed by atoms with E-state index in [0.717, 1.165) is 24.5 Å². The molecule has 1 unspecified atom stereocenters. The second kappa shape index (κ2) is 7.06. The molecule has 106 valence electrons. The topological polar surface area (TPSA) is 32.3 Å². The third-order valence-corrected chi connectivity index (χ3v) is 3.27. The molecule has 2 aromatic carbocycles. The van der Waals surface area contributed by atoms with Gasteiger partial charge in [-0.25, -0.2) is 4.39 Å². The normalized spacial score (nSPS) is 12.3. The highest BCUT2D eigenvalue weighted by Gasteiger charge is 2.10. The quantitative estimate of drug-likeness (QED) is 0.828. The van der Waals surface area contributed by atoms with E-state index in [9.17, 15) is 9.50 Å². The van der Waals surface area contributed by atoms with Crippen molar-refractivity contribution in [3.05, 3.63) is 65.5 Å². The summed E-state index contributed by atoms with van der Waals surface area (Å²) in [7, 11) is 0. The van der Waals surface area contributed by atoms with Gasteiger partial charge in [0.2, 0.25) is 0 Å². The number of rotatable bonds is 6. The van der Waals surface area contributed by atoms with Crippen LogP contribution in [0.2, 0.25) is 0 Å². The van der Waals surface area contributed by atoms with Gasteiger partial charge in [0.1, 0.15) is 11.6 Å². The molecule has 0 bridgehead atoms. The van der Waals surface area contributed by atoms with Crippen molar-refractivity contribution in [2.24, 2.45) is 0 Å². The van der Waals surface area contributed by atoms with Gasteiger partial charge >= 0.3 is 0 Å². The Labute approximate surface area is 119 Å². The number of aromatic hydroxyl groups is 1. The summed E-state index contributed by atoms with van der Waals surface area (Å²) in [5.74, 6) is -0.442. The van der Waals surface area contributed by atoms with Crippen molar-refractivity contribution in [3.63, 3.8) is 0 Å². The van der Waals surface area contributed by atoms with Crippen LogP contribution in [0.3, 0.4) is 0 Å². The third-order valence-electron chi connectivity index (χ3n) is 3.27. The molecule has 0 aliphatic rings. The fourth-order valence-corrected chi connectivity index (χ4v) is 2.34. The van der Waals surface area contributed by atoms with E-state index in [1.165, 1.54) is 11.6 Å². The van der Waals surface area contributed by atoms with Crippen molar-refractivity contribution in [2.45, 2.75) is 32.4 Å². The van der Waals surface area contributed by atoms with Crippen molar-refractivity contribution in [1.82, 2.24) is 5.32 Å². The first kappa shape index (κ1) is 14.5. The summed E-state index contributed by atoms with van der Waals surface area (Å²) in [4.78, 5) is 0. The average molecular weight is 273 g/mol. The minimum absolute atomic E-state index is 0.0337. The Hall–Kier alpha value is -1.87. The van der Waals surface area contributed by atoms with Gasteiger partial charge in [-0.05, 0) is 29.7 Å². The van der Waals surface area contributed by atoms with E-state index in [-0.39, 0.29) is 11.8 Å². The number of phenolic OH excluding ortho intramolecular Hbond substituents is 1. The van der Waals surface area contributed by atoms with Crippen LogP contribution in [0.4, 0.5) is 4.39 Å². The van der Waals surface area contributed by atoms with Crippen LogP contribution in [-0.4, -0.2) is 5.11 Å². The van der Waals surface area contributed by atoms with Crippen molar-refractivity contribution in [2.75, 3.05) is 0 Å². The summed E-state index contributed by atoms with van der Waals surface area (Å²) < 4.78 is 13.2. The third kappa shape index (κ3) is 4.07. The summed E-state index contributed by atoms with van der Waals surface area (Å²) in [6.07, 6.45) is 2.09. The predicted octanol–water partition coefficient (Wildman–Crippen LogP) is 4.16. The lowest BCUT2D eigenvalue weighted by Gasteiger charge is -2.19. The summed E-state index contributed by atoms with van der Waals surface area (Å²) in [6, 6.07) is 14.6. The zero-order valence-corrected chi connectivity index (χ0v) is 11.6. The second-order valence-corrected chi connectivity index (χ2v) is 4.95. The molecule has 2 aromatic rings. The zero-order chi connectivity index (χ0) is 14.4. The molecule has 0 saturated heterocycles. The van der Waals surface area contributed by atoms with Gasteiger partial charge < -0.3 is 10.4 Å². The van der Waals surface area contributed by atoms with Gasteiger partial charge in [-0.2, -0.15) is 0 Å². The van der Waals surface area contributed by atoms with Crippen molar-refractivity contribution in [1.29, 1.82) is 0 Å². The molecule has 0 amide bonds. The summed E-state index contributed by atoms with van der Waals surface area (Å²) >= 11 is 0. The molecule has 3 heteroatoms. The van der Waals surface area contributed by atoms with Crippen molar-refractivity contribution >= 4 is 0 Å². The molecule has 2 nitrogen and oxygen atoms in total. The van der Waals surface area contributed by atoms with Crippen LogP contribution in [0.15, 0.2) is 48.5 Å². The van der Waals surface area contributed by atoms with E-state index < -0.39 is 5.82 Å². The summed E-state index contributed by atoms with van der Waals surface area (Å²) in [5.41, 5.74) is 1.98. The molecule has 0 aromatic heterocycles. The van der Waals surface area contributed by atoms with Crippen molar-refractivity contribution < 1.29 is 9.50 Å². The van der Waals surface area contributed by atoms with Gasteiger partial charge in [0.25, 0.3) is 0 Å². The maximum absolute atomic E-state index is 13.2. The monoisotopic (exact) mass is 273 g/mol. The SMILES string of the molecule is CCCC(NCc1cc(O)cc(F)c1)c1ccccc1. The first-order chi connectivity index (χ1) is 9.69. The molecule has 0 radical (unpaired) electrons. The van der Waals surface area contributed by atoms with Crippen LogP contribution >= 0.6 is 0 Å². The molecular formula is C17H20FNO. The highest BCUT2D eigenvalue weighted by molar-refractivity contribution is 5.28. The molecule has 0 aliphatic heterocycles. The number of benzene rings is 2. The van der Waals surface area contributed by atoms with E-state index >= 15 is 0 Å². The molecule has 1 atom stereocenters. The van der Waals surface area contributed by atoms with Crippen LogP contribution < -0.4 is 5.32 Å². The lowest BCUT2D eigenvalue weighted by atomic mass is 10.0. The first-order valence-electron chi connectivity index (χ1n) is 6.96. The molecule has 0 fully saturated rings. The second-order valence-electron chi connectivity index (χ2n) is 4.95. The summed E-state index contributed by atoms with van der Waals surface area (Å²) in [5, 5.41) is 12.8. The Kier molecular flexibility index (Phi) is 5.13. The van der Waals surface area contributed by atoms with Gasteiger partial charge in [0.05, 0.1) is 0 Å². The van der Waals surface area contributed by atoms with Crippen molar-refractivity contribution in [3.8, 4) is 5.75 Å². The maximum Gasteiger partial charge on any atom is 0.127 e.